The third-order valence-electron chi connectivity index (χ3n) is 3.47. The lowest BCUT2D eigenvalue weighted by atomic mass is 9.83. The maximum absolute atomic E-state index is 11.0. The second kappa shape index (κ2) is 5.29. The standard InChI is InChI=1S/C14H18O4/c1-16-12-7-10-5-4-9(8-15)6-11(10)13(17-2)14(12)18-3/h7-9H,4-6H2,1-3H3/t9-/m0/s1. The fraction of sp³-hybridized carbons (Fsp3) is 0.500. The maximum atomic E-state index is 11.0. The van der Waals surface area contributed by atoms with Crippen LogP contribution < -0.4 is 14.2 Å². The zero-order chi connectivity index (χ0) is 13.1. The van der Waals surface area contributed by atoms with E-state index in [0.29, 0.717) is 23.7 Å². The number of methoxy groups -OCH3 is 3. The molecule has 0 N–H and O–H groups in total. The van der Waals surface area contributed by atoms with E-state index in [4.69, 9.17) is 14.2 Å². The third kappa shape index (κ3) is 2.03. The molecule has 4 heteroatoms. The number of ether oxygens (including phenoxy) is 3. The van der Waals surface area contributed by atoms with Gasteiger partial charge in [-0.15, -0.1) is 0 Å². The van der Waals surface area contributed by atoms with Gasteiger partial charge in [-0.1, -0.05) is 0 Å². The summed E-state index contributed by atoms with van der Waals surface area (Å²) in [6.45, 7) is 0. The molecule has 1 atom stereocenters. The second-order valence-corrected chi connectivity index (χ2v) is 4.42. The van der Waals surface area contributed by atoms with Gasteiger partial charge < -0.3 is 19.0 Å². The maximum Gasteiger partial charge on any atom is 0.203 e. The van der Waals surface area contributed by atoms with Gasteiger partial charge in [-0.25, -0.2) is 0 Å². The Balaban J connectivity index is 2.55. The van der Waals surface area contributed by atoms with E-state index in [1.54, 1.807) is 21.3 Å². The number of hydrogen-bond acceptors (Lipinski definition) is 4. The summed E-state index contributed by atoms with van der Waals surface area (Å²) in [7, 11) is 4.82. The van der Waals surface area contributed by atoms with E-state index < -0.39 is 0 Å². The molecule has 18 heavy (non-hydrogen) atoms. The van der Waals surface area contributed by atoms with Crippen molar-refractivity contribution in [2.24, 2.45) is 5.92 Å². The minimum atomic E-state index is 0.0736. The molecule has 0 radical (unpaired) electrons. The molecule has 1 aromatic rings. The van der Waals surface area contributed by atoms with E-state index in [1.165, 1.54) is 5.56 Å². The molecule has 0 spiro atoms. The lowest BCUT2D eigenvalue weighted by Crippen LogP contribution is -2.17. The van der Waals surface area contributed by atoms with Crippen LogP contribution in [0.1, 0.15) is 17.5 Å². The average Bonchev–Trinajstić information content (AvgIpc) is 2.44. The van der Waals surface area contributed by atoms with Crippen LogP contribution >= 0.6 is 0 Å². The van der Waals surface area contributed by atoms with Crippen LogP contribution in [0.3, 0.4) is 0 Å². The quantitative estimate of drug-likeness (QED) is 0.767. The van der Waals surface area contributed by atoms with Gasteiger partial charge in [-0.3, -0.25) is 0 Å². The number of benzene rings is 1. The summed E-state index contributed by atoms with van der Waals surface area (Å²) in [4.78, 5) is 11.0. The number of rotatable bonds is 4. The highest BCUT2D eigenvalue weighted by molar-refractivity contribution is 5.63. The first kappa shape index (κ1) is 12.7. The van der Waals surface area contributed by atoms with Gasteiger partial charge in [0.25, 0.3) is 0 Å². The predicted molar refractivity (Wildman–Crippen MR) is 67.7 cm³/mol. The van der Waals surface area contributed by atoms with Crippen molar-refractivity contribution < 1.29 is 19.0 Å². The van der Waals surface area contributed by atoms with E-state index in [2.05, 4.69) is 0 Å². The van der Waals surface area contributed by atoms with Crippen LogP contribution in [0, 0.1) is 5.92 Å². The average molecular weight is 250 g/mol. The molecule has 0 saturated heterocycles. The number of aryl methyl sites for hydroxylation is 1. The van der Waals surface area contributed by atoms with Gasteiger partial charge >= 0.3 is 0 Å². The van der Waals surface area contributed by atoms with Crippen LogP contribution in [0.15, 0.2) is 6.07 Å². The van der Waals surface area contributed by atoms with E-state index >= 15 is 0 Å². The van der Waals surface area contributed by atoms with Crippen LogP contribution in [0.5, 0.6) is 17.2 Å². The molecule has 1 aliphatic carbocycles. The van der Waals surface area contributed by atoms with Crippen LogP contribution in [0.2, 0.25) is 0 Å². The van der Waals surface area contributed by atoms with Gasteiger partial charge in [-0.05, 0) is 30.9 Å². The number of carbonyl (C=O) groups excluding carboxylic acids is 1. The van der Waals surface area contributed by atoms with E-state index in [9.17, 15) is 4.79 Å². The number of aldehydes is 1. The summed E-state index contributed by atoms with van der Waals surface area (Å²) >= 11 is 0. The Labute approximate surface area is 107 Å². The Morgan fingerprint density at radius 2 is 1.89 bits per heavy atom. The molecular formula is C14H18O4. The second-order valence-electron chi connectivity index (χ2n) is 4.42. The molecule has 0 unspecified atom stereocenters. The minimum Gasteiger partial charge on any atom is -0.493 e. The predicted octanol–water partition coefficient (Wildman–Crippen LogP) is 2.02. The van der Waals surface area contributed by atoms with Crippen molar-refractivity contribution >= 4 is 6.29 Å². The number of carbonyl (C=O) groups is 1. The van der Waals surface area contributed by atoms with Crippen molar-refractivity contribution in [3.63, 3.8) is 0 Å². The minimum absolute atomic E-state index is 0.0736. The van der Waals surface area contributed by atoms with Crippen molar-refractivity contribution in [3.8, 4) is 17.2 Å². The van der Waals surface area contributed by atoms with Crippen molar-refractivity contribution in [2.75, 3.05) is 21.3 Å². The first-order valence-corrected chi connectivity index (χ1v) is 6.01. The molecule has 0 bridgehead atoms. The third-order valence-corrected chi connectivity index (χ3v) is 3.47. The molecule has 4 nitrogen and oxygen atoms in total. The van der Waals surface area contributed by atoms with Gasteiger partial charge in [0, 0.05) is 11.5 Å². The first-order valence-electron chi connectivity index (χ1n) is 6.01. The van der Waals surface area contributed by atoms with Crippen molar-refractivity contribution in [1.29, 1.82) is 0 Å². The van der Waals surface area contributed by atoms with Gasteiger partial charge in [0.15, 0.2) is 11.5 Å². The van der Waals surface area contributed by atoms with Crippen molar-refractivity contribution in [2.45, 2.75) is 19.3 Å². The van der Waals surface area contributed by atoms with Crippen LogP contribution in [-0.4, -0.2) is 27.6 Å². The topological polar surface area (TPSA) is 44.8 Å². The Kier molecular flexibility index (Phi) is 3.75. The zero-order valence-electron chi connectivity index (χ0n) is 11.0. The summed E-state index contributed by atoms with van der Waals surface area (Å²) < 4.78 is 16.1. The molecule has 2 rings (SSSR count). The molecule has 0 amide bonds. The SMILES string of the molecule is COc1cc2c(c(OC)c1OC)C[C@@H](C=O)CC2. The summed E-state index contributed by atoms with van der Waals surface area (Å²) in [6.07, 6.45) is 3.49. The first-order chi connectivity index (χ1) is 8.74. The molecule has 0 saturated carbocycles. The van der Waals surface area contributed by atoms with Gasteiger partial charge in [0.05, 0.1) is 21.3 Å². The normalized spacial score (nSPS) is 17.8. The van der Waals surface area contributed by atoms with Crippen molar-refractivity contribution in [3.05, 3.63) is 17.2 Å². The van der Waals surface area contributed by atoms with E-state index in [1.807, 2.05) is 6.07 Å². The Morgan fingerprint density at radius 3 is 2.44 bits per heavy atom. The molecule has 0 aromatic heterocycles. The van der Waals surface area contributed by atoms with E-state index in [-0.39, 0.29) is 5.92 Å². The Hall–Kier alpha value is -1.71. The summed E-state index contributed by atoms with van der Waals surface area (Å²) in [5.74, 6) is 2.05. The highest BCUT2D eigenvalue weighted by Crippen LogP contribution is 2.44. The fourth-order valence-corrected chi connectivity index (χ4v) is 2.53. The van der Waals surface area contributed by atoms with Crippen molar-refractivity contribution in [1.82, 2.24) is 0 Å². The zero-order valence-corrected chi connectivity index (χ0v) is 11.0. The molecule has 1 aliphatic rings. The molecule has 98 valence electrons. The van der Waals surface area contributed by atoms with Crippen LogP contribution in [0.4, 0.5) is 0 Å². The molecule has 1 aromatic carbocycles. The number of hydrogen-bond donors (Lipinski definition) is 0. The highest BCUT2D eigenvalue weighted by atomic mass is 16.5. The molecule has 0 heterocycles. The fourth-order valence-electron chi connectivity index (χ4n) is 2.53. The molecule has 0 fully saturated rings. The lowest BCUT2D eigenvalue weighted by molar-refractivity contribution is -0.111. The molecule has 0 aliphatic heterocycles. The smallest absolute Gasteiger partial charge is 0.203 e. The number of fused-ring (bicyclic) bond motifs is 1. The van der Waals surface area contributed by atoms with Gasteiger partial charge in [0.1, 0.15) is 6.29 Å². The van der Waals surface area contributed by atoms with Crippen LogP contribution in [0.25, 0.3) is 0 Å². The summed E-state index contributed by atoms with van der Waals surface area (Å²) in [5, 5.41) is 0. The Morgan fingerprint density at radius 1 is 1.17 bits per heavy atom. The monoisotopic (exact) mass is 250 g/mol. The highest BCUT2D eigenvalue weighted by Gasteiger charge is 2.26. The Bertz CT molecular complexity index is 454. The van der Waals surface area contributed by atoms with E-state index in [0.717, 1.165) is 24.7 Å². The van der Waals surface area contributed by atoms with Gasteiger partial charge in [0.2, 0.25) is 5.75 Å². The van der Waals surface area contributed by atoms with Gasteiger partial charge in [-0.2, -0.15) is 0 Å². The summed E-state index contributed by atoms with van der Waals surface area (Å²) in [6, 6.07) is 1.98. The largest absolute Gasteiger partial charge is 0.493 e. The summed E-state index contributed by atoms with van der Waals surface area (Å²) in [5.41, 5.74) is 2.25. The lowest BCUT2D eigenvalue weighted by Gasteiger charge is -2.25. The van der Waals surface area contributed by atoms with Crippen LogP contribution in [-0.2, 0) is 17.6 Å². The molecular weight excluding hydrogens is 232 g/mol.